The van der Waals surface area contributed by atoms with Crippen molar-refractivity contribution in [2.24, 2.45) is 5.92 Å². The number of hydrogen-bond acceptors (Lipinski definition) is 3. The van der Waals surface area contributed by atoms with Gasteiger partial charge in [0.25, 0.3) is 0 Å². The fraction of sp³-hybridized carbons (Fsp3) is 0.467. The van der Waals surface area contributed by atoms with Crippen LogP contribution in [0.2, 0.25) is 0 Å². The number of anilines is 1. The number of nitrogens with zero attached hydrogens (tertiary/aromatic N) is 1. The van der Waals surface area contributed by atoms with Gasteiger partial charge in [-0.05, 0) is 24.6 Å². The molecule has 6 heteroatoms. The summed E-state index contributed by atoms with van der Waals surface area (Å²) in [4.78, 5) is 25.7. The summed E-state index contributed by atoms with van der Waals surface area (Å²) in [6.07, 6.45) is 0.802. The molecule has 5 nitrogen and oxygen atoms in total. The third-order valence-corrected chi connectivity index (χ3v) is 3.79. The van der Waals surface area contributed by atoms with E-state index in [2.05, 4.69) is 5.32 Å². The highest BCUT2D eigenvalue weighted by Crippen LogP contribution is 2.25. The van der Waals surface area contributed by atoms with Crippen LogP contribution in [0.5, 0.6) is 0 Å². The molecule has 0 radical (unpaired) electrons. The smallest absolute Gasteiger partial charge is 0.229 e. The normalized spacial score (nSPS) is 22.2. The maximum absolute atomic E-state index is 13.1. The molecule has 2 rings (SSSR count). The number of halogens is 1. The predicted molar refractivity (Wildman–Crippen MR) is 76.2 cm³/mol. The highest BCUT2D eigenvalue weighted by molar-refractivity contribution is 5.94. The molecule has 0 aliphatic carbocycles. The molecule has 0 bridgehead atoms. The van der Waals surface area contributed by atoms with Crippen molar-refractivity contribution in [3.05, 3.63) is 30.1 Å². The topological polar surface area (TPSA) is 58.6 Å². The first-order valence-corrected chi connectivity index (χ1v) is 6.84. The van der Waals surface area contributed by atoms with Gasteiger partial charge in [0.05, 0.1) is 18.6 Å². The van der Waals surface area contributed by atoms with Crippen molar-refractivity contribution >= 4 is 17.5 Å². The van der Waals surface area contributed by atoms with Gasteiger partial charge >= 0.3 is 0 Å². The molecule has 0 spiro atoms. The molecular formula is C15H19FN2O3. The molecule has 2 amide bonds. The third kappa shape index (κ3) is 3.58. The van der Waals surface area contributed by atoms with Crippen LogP contribution in [0.15, 0.2) is 24.3 Å². The maximum Gasteiger partial charge on any atom is 0.229 e. The van der Waals surface area contributed by atoms with Crippen molar-refractivity contribution in [3.8, 4) is 0 Å². The number of ether oxygens (including phenoxy) is 1. The second-order valence-electron chi connectivity index (χ2n) is 5.17. The molecule has 1 N–H and O–H groups in total. The summed E-state index contributed by atoms with van der Waals surface area (Å²) >= 11 is 0. The molecule has 1 aromatic carbocycles. The minimum atomic E-state index is -0.405. The van der Waals surface area contributed by atoms with E-state index in [0.29, 0.717) is 25.1 Å². The SMILES string of the molecule is COC[C@@H]1[C@H](C(=O)Nc2cccc(F)c2)CCC(=O)N1C. The Labute approximate surface area is 123 Å². The Bertz CT molecular complexity index is 535. The van der Waals surface area contributed by atoms with Crippen LogP contribution in [0, 0.1) is 11.7 Å². The van der Waals surface area contributed by atoms with Gasteiger partial charge in [0.15, 0.2) is 0 Å². The van der Waals surface area contributed by atoms with E-state index in [1.807, 2.05) is 0 Å². The predicted octanol–water partition coefficient (Wildman–Crippen LogP) is 1.65. The van der Waals surface area contributed by atoms with E-state index in [9.17, 15) is 14.0 Å². The molecule has 1 fully saturated rings. The zero-order valence-electron chi connectivity index (χ0n) is 12.1. The number of carbonyl (C=O) groups excluding carboxylic acids is 2. The van der Waals surface area contributed by atoms with Crippen LogP contribution in [-0.4, -0.2) is 43.5 Å². The fourth-order valence-electron chi connectivity index (χ4n) is 2.61. The molecule has 0 aromatic heterocycles. The minimum Gasteiger partial charge on any atom is -0.383 e. The fourth-order valence-corrected chi connectivity index (χ4v) is 2.61. The first kappa shape index (κ1) is 15.4. The van der Waals surface area contributed by atoms with Crippen molar-refractivity contribution in [3.63, 3.8) is 0 Å². The van der Waals surface area contributed by atoms with Gasteiger partial charge in [-0.15, -0.1) is 0 Å². The van der Waals surface area contributed by atoms with Crippen LogP contribution in [0.4, 0.5) is 10.1 Å². The van der Waals surface area contributed by atoms with Crippen LogP contribution in [0.3, 0.4) is 0 Å². The van der Waals surface area contributed by atoms with Gasteiger partial charge < -0.3 is 15.0 Å². The minimum absolute atomic E-state index is 0.00635. The number of likely N-dealkylation sites (tertiary alicyclic amines) is 1. The summed E-state index contributed by atoms with van der Waals surface area (Å²) in [7, 11) is 3.21. The first-order chi connectivity index (χ1) is 10.0. The average Bonchev–Trinajstić information content (AvgIpc) is 2.44. The molecule has 1 aromatic rings. The number of rotatable bonds is 4. The van der Waals surface area contributed by atoms with E-state index < -0.39 is 5.82 Å². The molecular weight excluding hydrogens is 275 g/mol. The molecule has 0 saturated carbocycles. The summed E-state index contributed by atoms with van der Waals surface area (Å²) in [6, 6.07) is 5.44. The number of amides is 2. The number of nitrogens with one attached hydrogen (secondary N) is 1. The van der Waals surface area contributed by atoms with Crippen molar-refractivity contribution in [2.45, 2.75) is 18.9 Å². The monoisotopic (exact) mass is 294 g/mol. The third-order valence-electron chi connectivity index (χ3n) is 3.79. The summed E-state index contributed by atoms with van der Waals surface area (Å²) in [5.41, 5.74) is 0.413. The molecule has 1 heterocycles. The zero-order chi connectivity index (χ0) is 15.4. The van der Waals surface area contributed by atoms with E-state index in [0.717, 1.165) is 0 Å². The summed E-state index contributed by atoms with van der Waals surface area (Å²) in [5, 5.41) is 2.70. The maximum atomic E-state index is 13.1. The van der Waals surface area contributed by atoms with Gasteiger partial charge in [-0.1, -0.05) is 6.07 Å². The Hall–Kier alpha value is -1.95. The lowest BCUT2D eigenvalue weighted by Crippen LogP contribution is -2.52. The Morgan fingerprint density at radius 1 is 1.52 bits per heavy atom. The molecule has 2 atom stereocenters. The van der Waals surface area contributed by atoms with Gasteiger partial charge in [0.2, 0.25) is 11.8 Å². The lowest BCUT2D eigenvalue weighted by molar-refractivity contribution is -0.141. The molecule has 1 saturated heterocycles. The van der Waals surface area contributed by atoms with E-state index in [1.165, 1.54) is 25.3 Å². The second kappa shape index (κ2) is 6.67. The molecule has 0 unspecified atom stereocenters. The lowest BCUT2D eigenvalue weighted by atomic mass is 9.88. The van der Waals surface area contributed by atoms with Crippen LogP contribution in [0.1, 0.15) is 12.8 Å². The van der Waals surface area contributed by atoms with Crippen molar-refractivity contribution < 1.29 is 18.7 Å². The van der Waals surface area contributed by atoms with Crippen molar-refractivity contribution in [2.75, 3.05) is 26.1 Å². The second-order valence-corrected chi connectivity index (χ2v) is 5.17. The van der Waals surface area contributed by atoms with Gasteiger partial charge in [0, 0.05) is 26.3 Å². The van der Waals surface area contributed by atoms with E-state index in [-0.39, 0.29) is 23.8 Å². The molecule has 1 aliphatic heterocycles. The van der Waals surface area contributed by atoms with Gasteiger partial charge in [-0.3, -0.25) is 9.59 Å². The number of methoxy groups -OCH3 is 1. The average molecular weight is 294 g/mol. The van der Waals surface area contributed by atoms with Crippen LogP contribution in [-0.2, 0) is 14.3 Å². The van der Waals surface area contributed by atoms with Crippen molar-refractivity contribution in [1.29, 1.82) is 0 Å². The summed E-state index contributed by atoms with van der Waals surface area (Å²) < 4.78 is 18.3. The molecule has 21 heavy (non-hydrogen) atoms. The quantitative estimate of drug-likeness (QED) is 0.918. The molecule has 1 aliphatic rings. The van der Waals surface area contributed by atoms with Crippen LogP contribution < -0.4 is 5.32 Å². The Kier molecular flexibility index (Phi) is 4.90. The lowest BCUT2D eigenvalue weighted by Gasteiger charge is -2.37. The van der Waals surface area contributed by atoms with Gasteiger partial charge in [-0.2, -0.15) is 0 Å². The number of carbonyl (C=O) groups is 2. The number of likely N-dealkylation sites (N-methyl/N-ethyl adjacent to an activating group) is 1. The summed E-state index contributed by atoms with van der Waals surface area (Å²) in [6.45, 7) is 0.295. The Morgan fingerprint density at radius 3 is 2.95 bits per heavy atom. The standard InChI is InChI=1S/C15H19FN2O3/c1-18-13(9-21-2)12(6-7-14(18)19)15(20)17-11-5-3-4-10(16)8-11/h3-5,8,12-13H,6-7,9H2,1-2H3,(H,17,20)/t12-,13-/m1/s1. The largest absolute Gasteiger partial charge is 0.383 e. The van der Waals surface area contributed by atoms with Crippen LogP contribution >= 0.6 is 0 Å². The summed E-state index contributed by atoms with van der Waals surface area (Å²) in [5.74, 6) is -0.984. The highest BCUT2D eigenvalue weighted by Gasteiger charge is 2.37. The van der Waals surface area contributed by atoms with E-state index in [1.54, 1.807) is 18.0 Å². The van der Waals surface area contributed by atoms with Crippen LogP contribution in [0.25, 0.3) is 0 Å². The number of hydrogen-bond donors (Lipinski definition) is 1. The molecule has 114 valence electrons. The van der Waals surface area contributed by atoms with Crippen molar-refractivity contribution in [1.82, 2.24) is 4.90 Å². The van der Waals surface area contributed by atoms with Gasteiger partial charge in [-0.25, -0.2) is 4.39 Å². The Balaban J connectivity index is 2.11. The van der Waals surface area contributed by atoms with E-state index >= 15 is 0 Å². The van der Waals surface area contributed by atoms with Gasteiger partial charge in [0.1, 0.15) is 5.82 Å². The number of benzene rings is 1. The number of piperidine rings is 1. The zero-order valence-corrected chi connectivity index (χ0v) is 12.1. The first-order valence-electron chi connectivity index (χ1n) is 6.84. The van der Waals surface area contributed by atoms with E-state index in [4.69, 9.17) is 4.74 Å². The Morgan fingerprint density at radius 2 is 2.29 bits per heavy atom. The highest BCUT2D eigenvalue weighted by atomic mass is 19.1.